The van der Waals surface area contributed by atoms with Crippen LogP contribution in [0.15, 0.2) is 0 Å². The summed E-state index contributed by atoms with van der Waals surface area (Å²) in [5.74, 6) is 0. The predicted octanol–water partition coefficient (Wildman–Crippen LogP) is 1.40. The molecule has 0 unspecified atom stereocenters. The van der Waals surface area contributed by atoms with Crippen LogP contribution in [0.25, 0.3) is 0 Å². The summed E-state index contributed by atoms with van der Waals surface area (Å²) in [6.07, 6.45) is 2.08. The van der Waals surface area contributed by atoms with E-state index < -0.39 is 8.80 Å². The molecule has 5 heteroatoms. The van der Waals surface area contributed by atoms with Gasteiger partial charge in [-0.15, -0.1) is 0 Å². The van der Waals surface area contributed by atoms with Crippen molar-refractivity contribution < 1.29 is 13.3 Å². The Morgan fingerprint density at radius 2 is 1.80 bits per heavy atom. The van der Waals surface area contributed by atoms with E-state index >= 15 is 0 Å². The zero-order chi connectivity index (χ0) is 11.0. The zero-order valence-electron chi connectivity index (χ0n) is 9.88. The van der Waals surface area contributed by atoms with E-state index in [1.807, 2.05) is 0 Å². The van der Waals surface area contributed by atoms with Gasteiger partial charge >= 0.3 is 8.80 Å². The largest absolute Gasteiger partial charge is 0.501 e. The van der Waals surface area contributed by atoms with E-state index in [2.05, 4.69) is 19.2 Å². The lowest BCUT2D eigenvalue weighted by molar-refractivity contribution is 0.0511. The highest BCUT2D eigenvalue weighted by Crippen LogP contribution is 2.18. The third-order valence-corrected chi connectivity index (χ3v) is 5.33. The molecular formula is C10H23NO3Si. The van der Waals surface area contributed by atoms with E-state index in [4.69, 9.17) is 13.3 Å². The Morgan fingerprint density at radius 3 is 2.33 bits per heavy atom. The van der Waals surface area contributed by atoms with E-state index in [9.17, 15) is 0 Å². The summed E-state index contributed by atoms with van der Waals surface area (Å²) in [5, 5.41) is 3.24. The summed E-state index contributed by atoms with van der Waals surface area (Å²) in [5.41, 5.74) is 0. The van der Waals surface area contributed by atoms with Gasteiger partial charge in [-0.3, -0.25) is 0 Å². The van der Waals surface area contributed by atoms with E-state index in [0.717, 1.165) is 38.6 Å². The van der Waals surface area contributed by atoms with Crippen LogP contribution >= 0.6 is 0 Å². The molecule has 0 aromatic carbocycles. The number of hydrogen-bond acceptors (Lipinski definition) is 4. The van der Waals surface area contributed by atoms with Gasteiger partial charge in [-0.2, -0.15) is 0 Å². The van der Waals surface area contributed by atoms with Crippen molar-refractivity contribution in [2.45, 2.75) is 32.7 Å². The maximum Gasteiger partial charge on any atom is 0.501 e. The SMILES string of the molecule is CCCO[Si]1(CCC)OCCNCCO1. The van der Waals surface area contributed by atoms with Gasteiger partial charge in [0.15, 0.2) is 0 Å². The molecule has 90 valence electrons. The van der Waals surface area contributed by atoms with Crippen molar-refractivity contribution in [1.29, 1.82) is 0 Å². The third kappa shape index (κ3) is 4.61. The summed E-state index contributed by atoms with van der Waals surface area (Å²) >= 11 is 0. The molecule has 1 heterocycles. The lowest BCUT2D eigenvalue weighted by Crippen LogP contribution is -2.50. The first-order valence-corrected chi connectivity index (χ1v) is 7.89. The Bertz CT molecular complexity index is 155. The molecule has 0 aromatic heterocycles. The van der Waals surface area contributed by atoms with Gasteiger partial charge in [0.05, 0.1) is 13.2 Å². The topological polar surface area (TPSA) is 39.7 Å². The molecule has 1 fully saturated rings. The normalized spacial score (nSPS) is 22.0. The van der Waals surface area contributed by atoms with Crippen LogP contribution < -0.4 is 5.32 Å². The highest BCUT2D eigenvalue weighted by molar-refractivity contribution is 6.60. The second kappa shape index (κ2) is 7.35. The first kappa shape index (κ1) is 13.1. The van der Waals surface area contributed by atoms with Crippen molar-refractivity contribution in [1.82, 2.24) is 5.32 Å². The van der Waals surface area contributed by atoms with Gasteiger partial charge in [-0.1, -0.05) is 20.3 Å². The summed E-state index contributed by atoms with van der Waals surface area (Å²) in [6.45, 7) is 8.21. The van der Waals surface area contributed by atoms with Crippen LogP contribution in [-0.2, 0) is 13.3 Å². The minimum Gasteiger partial charge on any atom is -0.373 e. The van der Waals surface area contributed by atoms with Crippen LogP contribution in [-0.4, -0.2) is 41.7 Å². The predicted molar refractivity (Wildman–Crippen MR) is 61.9 cm³/mol. The third-order valence-electron chi connectivity index (χ3n) is 2.28. The highest BCUT2D eigenvalue weighted by Gasteiger charge is 2.40. The fraction of sp³-hybridized carbons (Fsp3) is 1.00. The average molecular weight is 233 g/mol. The molecule has 0 aromatic rings. The molecule has 0 radical (unpaired) electrons. The van der Waals surface area contributed by atoms with Crippen molar-refractivity contribution in [2.24, 2.45) is 0 Å². The fourth-order valence-corrected chi connectivity index (χ4v) is 4.22. The van der Waals surface area contributed by atoms with Crippen molar-refractivity contribution in [3.63, 3.8) is 0 Å². The minimum atomic E-state index is -2.33. The first-order chi connectivity index (χ1) is 7.33. The highest BCUT2D eigenvalue weighted by atomic mass is 28.4. The van der Waals surface area contributed by atoms with Gasteiger partial charge in [0.2, 0.25) is 0 Å². The first-order valence-electron chi connectivity index (χ1n) is 5.95. The van der Waals surface area contributed by atoms with Crippen molar-refractivity contribution >= 4 is 8.80 Å². The Labute approximate surface area is 93.7 Å². The van der Waals surface area contributed by atoms with Crippen molar-refractivity contribution in [2.75, 3.05) is 32.9 Å². The summed E-state index contributed by atoms with van der Waals surface area (Å²) in [7, 11) is -2.33. The van der Waals surface area contributed by atoms with Gasteiger partial charge < -0.3 is 18.6 Å². The smallest absolute Gasteiger partial charge is 0.373 e. The average Bonchev–Trinajstić information content (AvgIpc) is 2.21. The van der Waals surface area contributed by atoms with Crippen LogP contribution in [0.5, 0.6) is 0 Å². The van der Waals surface area contributed by atoms with Crippen molar-refractivity contribution in [3.8, 4) is 0 Å². The van der Waals surface area contributed by atoms with E-state index in [1.54, 1.807) is 0 Å². The fourth-order valence-electron chi connectivity index (χ4n) is 1.59. The maximum atomic E-state index is 5.86. The van der Waals surface area contributed by atoms with E-state index in [1.165, 1.54) is 0 Å². The molecular weight excluding hydrogens is 210 g/mol. The Kier molecular flexibility index (Phi) is 6.43. The molecule has 0 atom stereocenters. The molecule has 0 bridgehead atoms. The lowest BCUT2D eigenvalue weighted by atomic mass is 10.5. The molecule has 1 aliphatic heterocycles. The molecule has 0 spiro atoms. The quantitative estimate of drug-likeness (QED) is 0.729. The Hall–Kier alpha value is 0.0569. The van der Waals surface area contributed by atoms with Gasteiger partial charge in [-0.25, -0.2) is 0 Å². The number of nitrogens with one attached hydrogen (secondary N) is 1. The Morgan fingerprint density at radius 1 is 1.13 bits per heavy atom. The standard InChI is InChI=1S/C10H23NO3Si/c1-3-7-12-15(10-4-2)13-8-5-11-6-9-14-15/h11H,3-10H2,1-2H3. The summed E-state index contributed by atoms with van der Waals surface area (Å²) < 4.78 is 17.6. The van der Waals surface area contributed by atoms with Crippen LogP contribution in [0.2, 0.25) is 6.04 Å². The van der Waals surface area contributed by atoms with Crippen LogP contribution in [0.3, 0.4) is 0 Å². The van der Waals surface area contributed by atoms with Gasteiger partial charge in [0.1, 0.15) is 0 Å². The summed E-state index contributed by atoms with van der Waals surface area (Å²) in [6, 6.07) is 0.938. The number of hydrogen-bond donors (Lipinski definition) is 1. The Balaban J connectivity index is 2.49. The molecule has 1 saturated heterocycles. The van der Waals surface area contributed by atoms with Crippen LogP contribution in [0.4, 0.5) is 0 Å². The molecule has 1 rings (SSSR count). The van der Waals surface area contributed by atoms with Crippen molar-refractivity contribution in [3.05, 3.63) is 0 Å². The molecule has 4 nitrogen and oxygen atoms in total. The van der Waals surface area contributed by atoms with E-state index in [-0.39, 0.29) is 0 Å². The number of rotatable bonds is 5. The second-order valence-corrected chi connectivity index (χ2v) is 6.46. The van der Waals surface area contributed by atoms with Crippen LogP contribution in [0.1, 0.15) is 26.7 Å². The molecule has 1 N–H and O–H groups in total. The zero-order valence-corrected chi connectivity index (χ0v) is 10.9. The molecule has 1 aliphatic rings. The maximum absolute atomic E-state index is 5.86. The minimum absolute atomic E-state index is 0.704. The second-order valence-electron chi connectivity index (χ2n) is 3.73. The van der Waals surface area contributed by atoms with E-state index in [0.29, 0.717) is 13.2 Å². The molecule has 0 saturated carbocycles. The molecule has 0 aliphatic carbocycles. The van der Waals surface area contributed by atoms with Gasteiger partial charge in [-0.05, 0) is 6.42 Å². The summed E-state index contributed by atoms with van der Waals surface area (Å²) in [4.78, 5) is 0. The monoisotopic (exact) mass is 233 g/mol. The lowest BCUT2D eigenvalue weighted by Gasteiger charge is -2.31. The molecule has 15 heavy (non-hydrogen) atoms. The molecule has 0 amide bonds. The van der Waals surface area contributed by atoms with Gasteiger partial charge in [0.25, 0.3) is 0 Å². The van der Waals surface area contributed by atoms with Crippen LogP contribution in [0, 0.1) is 0 Å². The van der Waals surface area contributed by atoms with Gasteiger partial charge in [0, 0.05) is 25.7 Å².